The van der Waals surface area contributed by atoms with Gasteiger partial charge in [-0.25, -0.2) is 0 Å². The van der Waals surface area contributed by atoms with Gasteiger partial charge in [0.2, 0.25) is 0 Å². The molecule has 0 aromatic heterocycles. The Kier molecular flexibility index (Phi) is 5.87. The van der Waals surface area contributed by atoms with Gasteiger partial charge in [0.25, 0.3) is 0 Å². The lowest BCUT2D eigenvalue weighted by molar-refractivity contribution is 0.424. The number of halogens is 1. The molecule has 0 atom stereocenters. The molecule has 3 heteroatoms. The monoisotopic (exact) mass is 326 g/mol. The maximum atomic E-state index is 3.59. The van der Waals surface area contributed by atoms with E-state index < -0.39 is 0 Å². The summed E-state index contributed by atoms with van der Waals surface area (Å²) < 4.78 is 1.14. The number of hydrogen-bond donors (Lipinski definition) is 1. The van der Waals surface area contributed by atoms with Crippen molar-refractivity contribution in [3.63, 3.8) is 0 Å². The average molecular weight is 327 g/mol. The van der Waals surface area contributed by atoms with Gasteiger partial charge in [0, 0.05) is 34.8 Å². The van der Waals surface area contributed by atoms with Crippen molar-refractivity contribution in [2.24, 2.45) is 0 Å². The number of nitrogens with one attached hydrogen (secondary N) is 1. The van der Waals surface area contributed by atoms with Crippen LogP contribution in [0.1, 0.15) is 47.1 Å². The molecule has 0 heterocycles. The van der Waals surface area contributed by atoms with Gasteiger partial charge >= 0.3 is 0 Å². The van der Waals surface area contributed by atoms with E-state index in [1.165, 1.54) is 11.3 Å². The average Bonchev–Trinajstić information content (AvgIpc) is 2.27. The highest BCUT2D eigenvalue weighted by Crippen LogP contribution is 2.27. The van der Waals surface area contributed by atoms with Crippen molar-refractivity contribution in [1.82, 2.24) is 5.32 Å². The van der Waals surface area contributed by atoms with Crippen molar-refractivity contribution in [3.8, 4) is 0 Å². The molecule has 0 saturated heterocycles. The van der Waals surface area contributed by atoms with E-state index in [1.807, 2.05) is 0 Å². The molecule has 0 saturated carbocycles. The van der Waals surface area contributed by atoms with Gasteiger partial charge in [0.15, 0.2) is 0 Å². The molecule has 0 radical (unpaired) electrons. The molecule has 1 rings (SSSR count). The molecule has 0 bridgehead atoms. The molecular weight excluding hydrogens is 300 g/mol. The number of nitrogens with zero attached hydrogens (tertiary/aromatic N) is 1. The van der Waals surface area contributed by atoms with Gasteiger partial charge in [0.05, 0.1) is 0 Å². The van der Waals surface area contributed by atoms with Crippen LogP contribution in [0.25, 0.3) is 0 Å². The van der Waals surface area contributed by atoms with E-state index >= 15 is 0 Å². The summed E-state index contributed by atoms with van der Waals surface area (Å²) >= 11 is 3.59. The molecule has 0 spiro atoms. The Morgan fingerprint density at radius 2 is 1.89 bits per heavy atom. The minimum atomic E-state index is 0.138. The number of benzene rings is 1. The summed E-state index contributed by atoms with van der Waals surface area (Å²) in [6, 6.07) is 7.07. The second-order valence-electron chi connectivity index (χ2n) is 6.26. The third-order valence-corrected chi connectivity index (χ3v) is 3.62. The Morgan fingerprint density at radius 1 is 1.26 bits per heavy atom. The first-order chi connectivity index (χ1) is 8.74. The fourth-order valence-corrected chi connectivity index (χ4v) is 2.48. The van der Waals surface area contributed by atoms with Crippen LogP contribution in [0.4, 0.5) is 5.69 Å². The molecule has 1 N–H and O–H groups in total. The summed E-state index contributed by atoms with van der Waals surface area (Å²) in [5.74, 6) is 0. The first-order valence-electron chi connectivity index (χ1n) is 7.04. The van der Waals surface area contributed by atoms with Crippen molar-refractivity contribution >= 4 is 21.6 Å². The maximum absolute atomic E-state index is 3.59. The van der Waals surface area contributed by atoms with Gasteiger partial charge in [-0.15, -0.1) is 0 Å². The second kappa shape index (κ2) is 6.76. The van der Waals surface area contributed by atoms with Crippen molar-refractivity contribution in [1.29, 1.82) is 0 Å². The quantitative estimate of drug-likeness (QED) is 0.852. The Balaban J connectivity index is 3.03. The first-order valence-corrected chi connectivity index (χ1v) is 7.84. The molecule has 19 heavy (non-hydrogen) atoms. The Morgan fingerprint density at radius 3 is 2.37 bits per heavy atom. The van der Waals surface area contributed by atoms with Crippen molar-refractivity contribution in [2.75, 3.05) is 11.4 Å². The molecule has 108 valence electrons. The smallest absolute Gasteiger partial charge is 0.0425 e. The summed E-state index contributed by atoms with van der Waals surface area (Å²) in [6.07, 6.45) is 0. The van der Waals surface area contributed by atoms with Gasteiger partial charge < -0.3 is 10.2 Å². The van der Waals surface area contributed by atoms with Crippen molar-refractivity contribution in [2.45, 2.75) is 59.7 Å². The molecule has 0 aliphatic rings. The molecule has 0 aliphatic heterocycles. The van der Waals surface area contributed by atoms with E-state index in [4.69, 9.17) is 0 Å². The van der Waals surface area contributed by atoms with E-state index in [0.717, 1.165) is 17.6 Å². The predicted molar refractivity (Wildman–Crippen MR) is 88.9 cm³/mol. The predicted octanol–water partition coefficient (Wildman–Crippen LogP) is 4.57. The SMILES string of the molecule is CCN(c1cc(Br)ccc1CNC(C)(C)C)C(C)C. The van der Waals surface area contributed by atoms with Crippen LogP contribution in [-0.4, -0.2) is 18.1 Å². The highest BCUT2D eigenvalue weighted by atomic mass is 79.9. The molecule has 0 aliphatic carbocycles. The van der Waals surface area contributed by atoms with E-state index in [1.54, 1.807) is 0 Å². The minimum Gasteiger partial charge on any atom is -0.369 e. The topological polar surface area (TPSA) is 15.3 Å². The van der Waals surface area contributed by atoms with Crippen LogP contribution in [0.5, 0.6) is 0 Å². The summed E-state index contributed by atoms with van der Waals surface area (Å²) in [4.78, 5) is 2.43. The number of hydrogen-bond acceptors (Lipinski definition) is 2. The molecular formula is C16H27BrN2. The zero-order valence-corrected chi connectivity index (χ0v) is 14.6. The zero-order chi connectivity index (χ0) is 14.6. The lowest BCUT2D eigenvalue weighted by atomic mass is 10.1. The molecule has 0 unspecified atom stereocenters. The number of anilines is 1. The molecule has 0 fully saturated rings. The minimum absolute atomic E-state index is 0.138. The van der Waals surface area contributed by atoms with Gasteiger partial charge in [-0.1, -0.05) is 22.0 Å². The third kappa shape index (κ3) is 5.15. The molecule has 0 amide bonds. The molecule has 2 nitrogen and oxygen atoms in total. The summed E-state index contributed by atoms with van der Waals surface area (Å²) in [5, 5.41) is 3.57. The fraction of sp³-hybridized carbons (Fsp3) is 0.625. The molecule has 1 aromatic rings. The van der Waals surface area contributed by atoms with E-state index in [9.17, 15) is 0 Å². The Labute approximate surface area is 126 Å². The van der Waals surface area contributed by atoms with Crippen molar-refractivity contribution in [3.05, 3.63) is 28.2 Å². The highest BCUT2D eigenvalue weighted by molar-refractivity contribution is 9.10. The largest absolute Gasteiger partial charge is 0.369 e. The van der Waals surface area contributed by atoms with Crippen LogP contribution in [0.3, 0.4) is 0 Å². The number of rotatable bonds is 5. The van der Waals surface area contributed by atoms with E-state index in [0.29, 0.717) is 6.04 Å². The van der Waals surface area contributed by atoms with Crippen LogP contribution in [-0.2, 0) is 6.54 Å². The van der Waals surface area contributed by atoms with Gasteiger partial charge in [-0.3, -0.25) is 0 Å². The lowest BCUT2D eigenvalue weighted by Gasteiger charge is -2.31. The van der Waals surface area contributed by atoms with E-state index in [-0.39, 0.29) is 5.54 Å². The standard InChI is InChI=1S/C16H27BrN2/c1-7-19(12(2)3)15-10-14(17)9-8-13(15)11-18-16(4,5)6/h8-10,12,18H,7,11H2,1-6H3. The normalized spacial score (nSPS) is 12.0. The Hall–Kier alpha value is -0.540. The van der Waals surface area contributed by atoms with Gasteiger partial charge in [-0.2, -0.15) is 0 Å². The summed E-state index contributed by atoms with van der Waals surface area (Å²) in [6.45, 7) is 15.2. The highest BCUT2D eigenvalue weighted by Gasteiger charge is 2.15. The van der Waals surface area contributed by atoms with Gasteiger partial charge in [0.1, 0.15) is 0 Å². The van der Waals surface area contributed by atoms with Crippen LogP contribution in [0.2, 0.25) is 0 Å². The van der Waals surface area contributed by atoms with Crippen LogP contribution in [0.15, 0.2) is 22.7 Å². The summed E-state index contributed by atoms with van der Waals surface area (Å²) in [5.41, 5.74) is 2.82. The Bertz CT molecular complexity index is 408. The van der Waals surface area contributed by atoms with Gasteiger partial charge in [-0.05, 0) is 59.2 Å². The fourth-order valence-electron chi connectivity index (χ4n) is 2.13. The van der Waals surface area contributed by atoms with Crippen LogP contribution < -0.4 is 10.2 Å². The maximum Gasteiger partial charge on any atom is 0.0425 e. The summed E-state index contributed by atoms with van der Waals surface area (Å²) in [7, 11) is 0. The third-order valence-electron chi connectivity index (χ3n) is 3.13. The van der Waals surface area contributed by atoms with E-state index in [2.05, 4.69) is 85.9 Å². The second-order valence-corrected chi connectivity index (χ2v) is 7.17. The zero-order valence-electron chi connectivity index (χ0n) is 13.0. The lowest BCUT2D eigenvalue weighted by Crippen LogP contribution is -2.36. The molecule has 1 aromatic carbocycles. The van der Waals surface area contributed by atoms with Crippen LogP contribution in [0, 0.1) is 0 Å². The first kappa shape index (κ1) is 16.5. The van der Waals surface area contributed by atoms with Crippen molar-refractivity contribution < 1.29 is 0 Å². The van der Waals surface area contributed by atoms with Crippen LogP contribution >= 0.6 is 15.9 Å².